The van der Waals surface area contributed by atoms with Crippen molar-refractivity contribution in [2.24, 2.45) is 5.92 Å². The molecule has 2 nitrogen and oxygen atoms in total. The minimum Gasteiger partial charge on any atom is -0.375 e. The minimum absolute atomic E-state index is 0.199. The number of ether oxygens (including phenoxy) is 1. The van der Waals surface area contributed by atoms with Crippen molar-refractivity contribution >= 4 is 11.6 Å². The fourth-order valence-electron chi connectivity index (χ4n) is 3.73. The van der Waals surface area contributed by atoms with E-state index in [0.717, 1.165) is 31.4 Å². The van der Waals surface area contributed by atoms with E-state index in [-0.39, 0.29) is 11.9 Å². The lowest BCUT2D eigenvalue weighted by Gasteiger charge is -2.29. The van der Waals surface area contributed by atoms with Crippen LogP contribution in [-0.2, 0) is 11.2 Å². The van der Waals surface area contributed by atoms with Gasteiger partial charge in [-0.1, -0.05) is 24.6 Å². The molecule has 0 spiro atoms. The van der Waals surface area contributed by atoms with E-state index in [9.17, 15) is 4.39 Å². The molecule has 0 radical (unpaired) electrons. The third-order valence-corrected chi connectivity index (χ3v) is 5.02. The van der Waals surface area contributed by atoms with Crippen molar-refractivity contribution < 1.29 is 9.13 Å². The standard InChI is InChI=1S/C17H23ClFNO/c1-2-7-20-16(14-10-13-5-6-17(14)21-13)8-11-3-4-12(18)9-15(11)19/h3-4,9,13-14,16-17,20H,2,5-8,10H2,1H3. The van der Waals surface area contributed by atoms with Gasteiger partial charge >= 0.3 is 0 Å². The molecule has 2 aliphatic rings. The molecule has 116 valence electrons. The van der Waals surface area contributed by atoms with Gasteiger partial charge in [0.15, 0.2) is 0 Å². The van der Waals surface area contributed by atoms with Gasteiger partial charge in [0.1, 0.15) is 5.82 Å². The van der Waals surface area contributed by atoms with Crippen LogP contribution in [0.1, 0.15) is 38.2 Å². The van der Waals surface area contributed by atoms with Crippen molar-refractivity contribution in [2.45, 2.75) is 57.3 Å². The highest BCUT2D eigenvalue weighted by Gasteiger charge is 2.44. The van der Waals surface area contributed by atoms with Crippen LogP contribution < -0.4 is 5.32 Å². The van der Waals surface area contributed by atoms with Gasteiger partial charge in [0, 0.05) is 17.0 Å². The molecule has 0 amide bonds. The summed E-state index contributed by atoms with van der Waals surface area (Å²) < 4.78 is 20.0. The fourth-order valence-corrected chi connectivity index (χ4v) is 3.89. The summed E-state index contributed by atoms with van der Waals surface area (Å²) in [6.45, 7) is 3.12. The Labute approximate surface area is 131 Å². The first-order valence-electron chi connectivity index (χ1n) is 8.00. The number of nitrogens with one attached hydrogen (secondary N) is 1. The quantitative estimate of drug-likeness (QED) is 0.858. The lowest BCUT2D eigenvalue weighted by Crippen LogP contribution is -2.42. The first-order chi connectivity index (χ1) is 10.2. The Morgan fingerprint density at radius 1 is 1.43 bits per heavy atom. The number of benzene rings is 1. The predicted octanol–water partition coefficient (Wildman–Crippen LogP) is 3.96. The summed E-state index contributed by atoms with van der Waals surface area (Å²) in [6, 6.07) is 5.28. The Hall–Kier alpha value is -0.640. The highest BCUT2D eigenvalue weighted by molar-refractivity contribution is 6.30. The topological polar surface area (TPSA) is 21.3 Å². The highest BCUT2D eigenvalue weighted by atomic mass is 35.5. The molecule has 0 aromatic heterocycles. The molecule has 21 heavy (non-hydrogen) atoms. The van der Waals surface area contributed by atoms with Gasteiger partial charge in [-0.2, -0.15) is 0 Å². The Morgan fingerprint density at radius 3 is 2.90 bits per heavy atom. The van der Waals surface area contributed by atoms with E-state index in [1.165, 1.54) is 12.5 Å². The van der Waals surface area contributed by atoms with Crippen LogP contribution in [0.25, 0.3) is 0 Å². The van der Waals surface area contributed by atoms with Crippen LogP contribution >= 0.6 is 11.6 Å². The first kappa shape index (κ1) is 15.3. The number of fused-ring (bicyclic) bond motifs is 2. The van der Waals surface area contributed by atoms with Crippen LogP contribution in [0.5, 0.6) is 0 Å². The summed E-state index contributed by atoms with van der Waals surface area (Å²) in [7, 11) is 0. The molecule has 0 saturated carbocycles. The third kappa shape index (κ3) is 3.41. The number of hydrogen-bond donors (Lipinski definition) is 1. The molecule has 3 rings (SSSR count). The molecule has 2 aliphatic heterocycles. The molecule has 4 heteroatoms. The molecule has 1 aromatic carbocycles. The third-order valence-electron chi connectivity index (χ3n) is 4.78. The van der Waals surface area contributed by atoms with Crippen LogP contribution in [0.15, 0.2) is 18.2 Å². The molecule has 1 N–H and O–H groups in total. The fraction of sp³-hybridized carbons (Fsp3) is 0.647. The van der Waals surface area contributed by atoms with Gasteiger partial charge in [0.25, 0.3) is 0 Å². The second-order valence-electron chi connectivity index (χ2n) is 6.27. The largest absolute Gasteiger partial charge is 0.375 e. The second-order valence-corrected chi connectivity index (χ2v) is 6.71. The molecular formula is C17H23ClFNO. The van der Waals surface area contributed by atoms with Crippen molar-refractivity contribution in [1.29, 1.82) is 0 Å². The van der Waals surface area contributed by atoms with E-state index in [2.05, 4.69) is 12.2 Å². The zero-order chi connectivity index (χ0) is 14.8. The van der Waals surface area contributed by atoms with Crippen LogP contribution in [0.2, 0.25) is 5.02 Å². The van der Waals surface area contributed by atoms with E-state index < -0.39 is 0 Å². The lowest BCUT2D eigenvalue weighted by atomic mass is 9.81. The SMILES string of the molecule is CCCNC(Cc1ccc(Cl)cc1F)C1CC2CCC1O2. The van der Waals surface area contributed by atoms with Gasteiger partial charge in [-0.05, 0) is 56.3 Å². The summed E-state index contributed by atoms with van der Waals surface area (Å²) in [5.41, 5.74) is 0.746. The van der Waals surface area contributed by atoms with E-state index in [1.807, 2.05) is 6.07 Å². The van der Waals surface area contributed by atoms with E-state index >= 15 is 0 Å². The maximum absolute atomic E-state index is 14.1. The minimum atomic E-state index is -0.199. The van der Waals surface area contributed by atoms with Gasteiger partial charge in [0.2, 0.25) is 0 Å². The molecule has 2 bridgehead atoms. The van der Waals surface area contributed by atoms with E-state index in [0.29, 0.717) is 29.6 Å². The molecule has 2 heterocycles. The molecule has 4 atom stereocenters. The van der Waals surface area contributed by atoms with E-state index in [4.69, 9.17) is 16.3 Å². The van der Waals surface area contributed by atoms with Gasteiger partial charge < -0.3 is 10.1 Å². The van der Waals surface area contributed by atoms with Gasteiger partial charge in [-0.25, -0.2) is 4.39 Å². The molecule has 0 aliphatic carbocycles. The van der Waals surface area contributed by atoms with Crippen LogP contribution in [0.4, 0.5) is 4.39 Å². The van der Waals surface area contributed by atoms with Crippen LogP contribution in [0.3, 0.4) is 0 Å². The summed E-state index contributed by atoms with van der Waals surface area (Å²) in [5.74, 6) is 0.306. The summed E-state index contributed by atoms with van der Waals surface area (Å²) in [4.78, 5) is 0. The maximum Gasteiger partial charge on any atom is 0.127 e. The van der Waals surface area contributed by atoms with Crippen molar-refractivity contribution in [3.05, 3.63) is 34.6 Å². The average Bonchev–Trinajstić information content (AvgIpc) is 3.08. The lowest BCUT2D eigenvalue weighted by molar-refractivity contribution is 0.0856. The summed E-state index contributed by atoms with van der Waals surface area (Å²) in [5, 5.41) is 4.06. The average molecular weight is 312 g/mol. The van der Waals surface area contributed by atoms with Crippen LogP contribution in [-0.4, -0.2) is 24.8 Å². The predicted molar refractivity (Wildman–Crippen MR) is 83.2 cm³/mol. The first-order valence-corrected chi connectivity index (χ1v) is 8.38. The molecule has 1 aromatic rings. The number of rotatable bonds is 6. The van der Waals surface area contributed by atoms with Gasteiger partial charge in [0.05, 0.1) is 12.2 Å². The van der Waals surface area contributed by atoms with Crippen molar-refractivity contribution in [3.8, 4) is 0 Å². The zero-order valence-electron chi connectivity index (χ0n) is 12.4. The maximum atomic E-state index is 14.1. The Morgan fingerprint density at radius 2 is 2.29 bits per heavy atom. The Bertz CT molecular complexity index is 496. The van der Waals surface area contributed by atoms with Gasteiger partial charge in [-0.3, -0.25) is 0 Å². The molecule has 4 unspecified atom stereocenters. The van der Waals surface area contributed by atoms with Crippen molar-refractivity contribution in [2.75, 3.05) is 6.54 Å². The summed E-state index contributed by atoms with van der Waals surface area (Å²) >= 11 is 5.84. The second kappa shape index (κ2) is 6.64. The van der Waals surface area contributed by atoms with Crippen molar-refractivity contribution in [1.82, 2.24) is 5.32 Å². The smallest absolute Gasteiger partial charge is 0.127 e. The normalized spacial score (nSPS) is 29.0. The van der Waals surface area contributed by atoms with Crippen LogP contribution in [0, 0.1) is 11.7 Å². The monoisotopic (exact) mass is 311 g/mol. The molecule has 2 saturated heterocycles. The molecule has 2 fully saturated rings. The zero-order valence-corrected chi connectivity index (χ0v) is 13.2. The molecular weight excluding hydrogens is 289 g/mol. The van der Waals surface area contributed by atoms with Crippen molar-refractivity contribution in [3.63, 3.8) is 0 Å². The van der Waals surface area contributed by atoms with Gasteiger partial charge in [-0.15, -0.1) is 0 Å². The van der Waals surface area contributed by atoms with E-state index in [1.54, 1.807) is 6.07 Å². The number of halogens is 2. The Kier molecular flexibility index (Phi) is 4.82. The number of hydrogen-bond acceptors (Lipinski definition) is 2. The summed E-state index contributed by atoms with van der Waals surface area (Å²) in [6.07, 6.45) is 6.04. The Balaban J connectivity index is 1.73. The highest BCUT2D eigenvalue weighted by Crippen LogP contribution is 2.41.